The Morgan fingerprint density at radius 3 is 1.93 bits per heavy atom. The van der Waals surface area contributed by atoms with Crippen molar-refractivity contribution in [2.24, 2.45) is 29.1 Å². The highest BCUT2D eigenvalue weighted by Gasteiger charge is 2.61. The lowest BCUT2D eigenvalue weighted by molar-refractivity contribution is -0.183. The van der Waals surface area contributed by atoms with Crippen molar-refractivity contribution < 1.29 is 32.2 Å². The number of halogens is 3. The lowest BCUT2D eigenvalue weighted by Crippen LogP contribution is -2.55. The largest absolute Gasteiger partial charge is 0.493 e. The summed E-state index contributed by atoms with van der Waals surface area (Å²) in [7, 11) is 2.83. The molecular formula is C22H25F3O4. The Hall–Kier alpha value is -2.05. The molecule has 4 nitrogen and oxygen atoms in total. The average Bonchev–Trinajstić information content (AvgIpc) is 2.65. The van der Waals surface area contributed by atoms with Crippen LogP contribution in [-0.4, -0.2) is 32.0 Å². The van der Waals surface area contributed by atoms with E-state index in [-0.39, 0.29) is 11.3 Å². The second kappa shape index (κ2) is 7.03. The summed E-state index contributed by atoms with van der Waals surface area (Å²) in [5, 5.41) is 0. The van der Waals surface area contributed by atoms with Crippen LogP contribution in [0.4, 0.5) is 13.2 Å². The average molecular weight is 410 g/mol. The molecule has 7 heteroatoms. The third-order valence-corrected chi connectivity index (χ3v) is 7.17. The van der Waals surface area contributed by atoms with Crippen LogP contribution in [0.15, 0.2) is 18.2 Å². The highest BCUT2D eigenvalue weighted by atomic mass is 19.4. The first kappa shape index (κ1) is 20.2. The van der Waals surface area contributed by atoms with Crippen LogP contribution >= 0.6 is 0 Å². The zero-order valence-electron chi connectivity index (χ0n) is 16.6. The molecule has 29 heavy (non-hydrogen) atoms. The van der Waals surface area contributed by atoms with E-state index in [0.717, 1.165) is 19.3 Å². The monoisotopic (exact) mass is 410 g/mol. The molecule has 0 unspecified atom stereocenters. The Labute approximate surface area is 167 Å². The van der Waals surface area contributed by atoms with Gasteiger partial charge < -0.3 is 9.47 Å². The third kappa shape index (κ3) is 3.42. The van der Waals surface area contributed by atoms with E-state index in [1.165, 1.54) is 32.4 Å². The number of alkyl halides is 3. The Morgan fingerprint density at radius 1 is 0.966 bits per heavy atom. The fourth-order valence-corrected chi connectivity index (χ4v) is 6.53. The second-order valence-electron chi connectivity index (χ2n) is 9.01. The summed E-state index contributed by atoms with van der Waals surface area (Å²) in [5.74, 6) is -2.75. The number of ketones is 2. The smallest absolute Gasteiger partial charge is 0.450 e. The molecule has 4 saturated carbocycles. The van der Waals surface area contributed by atoms with Crippen molar-refractivity contribution in [2.75, 3.05) is 14.2 Å². The minimum absolute atomic E-state index is 0.0565. The van der Waals surface area contributed by atoms with Crippen molar-refractivity contribution >= 4 is 11.6 Å². The second-order valence-corrected chi connectivity index (χ2v) is 9.01. The van der Waals surface area contributed by atoms with Gasteiger partial charge in [0.2, 0.25) is 5.78 Å². The zero-order chi connectivity index (χ0) is 21.0. The Balaban J connectivity index is 1.76. The molecule has 4 aliphatic rings. The van der Waals surface area contributed by atoms with Crippen LogP contribution in [0.2, 0.25) is 0 Å². The number of benzene rings is 1. The summed E-state index contributed by atoms with van der Waals surface area (Å²) in [5.41, 5.74) is -0.827. The number of methoxy groups -OCH3 is 2. The van der Waals surface area contributed by atoms with Crippen molar-refractivity contribution in [3.63, 3.8) is 0 Å². The van der Waals surface area contributed by atoms with Crippen molar-refractivity contribution in [1.82, 2.24) is 0 Å². The quantitative estimate of drug-likeness (QED) is 0.497. The van der Waals surface area contributed by atoms with Crippen LogP contribution in [0.3, 0.4) is 0 Å². The van der Waals surface area contributed by atoms with Gasteiger partial charge in [0.25, 0.3) is 0 Å². The van der Waals surface area contributed by atoms with Crippen molar-refractivity contribution in [3.8, 4) is 11.5 Å². The molecule has 0 N–H and O–H groups in total. The number of hydrogen-bond donors (Lipinski definition) is 0. The van der Waals surface area contributed by atoms with Gasteiger partial charge in [-0.25, -0.2) is 0 Å². The van der Waals surface area contributed by atoms with Crippen molar-refractivity contribution in [1.29, 1.82) is 0 Å². The third-order valence-electron chi connectivity index (χ3n) is 7.17. The summed E-state index contributed by atoms with van der Waals surface area (Å²) >= 11 is 0. The predicted molar refractivity (Wildman–Crippen MR) is 99.0 cm³/mol. The fraction of sp³-hybridized carbons (Fsp3) is 0.636. The molecular weight excluding hydrogens is 385 g/mol. The first-order valence-electron chi connectivity index (χ1n) is 10.0. The minimum Gasteiger partial charge on any atom is -0.493 e. The molecule has 0 radical (unpaired) electrons. The summed E-state index contributed by atoms with van der Waals surface area (Å²) < 4.78 is 51.1. The maximum atomic E-state index is 13.6. The maximum absolute atomic E-state index is 13.6. The maximum Gasteiger partial charge on any atom is 0.450 e. The lowest BCUT2D eigenvalue weighted by Gasteiger charge is -2.58. The zero-order valence-corrected chi connectivity index (χ0v) is 16.6. The minimum atomic E-state index is -5.04. The first-order valence-corrected chi connectivity index (χ1v) is 10.0. The molecule has 0 heterocycles. The van der Waals surface area contributed by atoms with Gasteiger partial charge in [0.15, 0.2) is 17.3 Å². The van der Waals surface area contributed by atoms with Gasteiger partial charge in [-0.1, -0.05) is 0 Å². The number of hydrogen-bond acceptors (Lipinski definition) is 4. The van der Waals surface area contributed by atoms with E-state index in [4.69, 9.17) is 9.47 Å². The van der Waals surface area contributed by atoms with Crippen molar-refractivity contribution in [2.45, 2.75) is 44.7 Å². The van der Waals surface area contributed by atoms with E-state index in [1.807, 2.05) is 0 Å². The Morgan fingerprint density at radius 2 is 1.48 bits per heavy atom. The van der Waals surface area contributed by atoms with Gasteiger partial charge in [-0.15, -0.1) is 0 Å². The van der Waals surface area contributed by atoms with E-state index in [9.17, 15) is 22.8 Å². The number of carbonyl (C=O) groups excluding carboxylic acids is 2. The number of ether oxygens (including phenoxy) is 2. The summed E-state index contributed by atoms with van der Waals surface area (Å²) in [4.78, 5) is 26.0. The molecule has 1 aromatic carbocycles. The normalized spacial score (nSPS) is 31.4. The highest BCUT2D eigenvalue weighted by molar-refractivity contribution is 6.13. The molecule has 0 saturated heterocycles. The van der Waals surface area contributed by atoms with Crippen LogP contribution in [0.5, 0.6) is 11.5 Å². The summed E-state index contributed by atoms with van der Waals surface area (Å²) in [6.45, 7) is 0. The fourth-order valence-electron chi connectivity index (χ4n) is 6.53. The summed E-state index contributed by atoms with van der Waals surface area (Å²) in [6, 6.07) is 4.28. The van der Waals surface area contributed by atoms with E-state index < -0.39 is 29.1 Å². The van der Waals surface area contributed by atoms with Crippen molar-refractivity contribution in [3.05, 3.63) is 23.8 Å². The van der Waals surface area contributed by atoms with E-state index in [2.05, 4.69) is 0 Å². The van der Waals surface area contributed by atoms with Crippen LogP contribution in [0.1, 0.15) is 48.9 Å². The molecule has 5 rings (SSSR count). The topological polar surface area (TPSA) is 52.6 Å². The Kier molecular flexibility index (Phi) is 4.90. The van der Waals surface area contributed by atoms with Gasteiger partial charge in [0, 0.05) is 5.56 Å². The van der Waals surface area contributed by atoms with Gasteiger partial charge in [-0.3, -0.25) is 9.59 Å². The first-order chi connectivity index (χ1) is 13.7. The standard InChI is InChI=1S/C22H25F3O4/c1-28-16-4-3-15(8-17(16)29-2)19(26)18(20(27)22(23,24)25)21-9-12-5-13(10-21)7-14(6-12)11-21/h3-4,8,12-14,18H,5-7,9-11H2,1-2H3/t12?,13?,14?,18-,21?/m1/s1. The highest BCUT2D eigenvalue weighted by Crippen LogP contribution is 2.63. The van der Waals surface area contributed by atoms with Crippen LogP contribution in [0.25, 0.3) is 0 Å². The number of Topliss-reactive ketones (excluding diaryl/α,β-unsaturated/α-hetero) is 2. The van der Waals surface area contributed by atoms with Crippen LogP contribution in [-0.2, 0) is 4.79 Å². The van der Waals surface area contributed by atoms with Crippen LogP contribution in [0, 0.1) is 29.1 Å². The molecule has 0 spiro atoms. The SMILES string of the molecule is COc1ccc(C(=O)[C@H](C(=O)C(F)(F)F)C23CC4CC(CC(C4)C2)C3)cc1OC. The molecule has 4 fully saturated rings. The van der Waals surface area contributed by atoms with Gasteiger partial charge in [-0.2, -0.15) is 13.2 Å². The molecule has 1 atom stereocenters. The molecule has 0 amide bonds. The van der Waals surface area contributed by atoms with Crippen LogP contribution < -0.4 is 9.47 Å². The van der Waals surface area contributed by atoms with E-state index in [0.29, 0.717) is 42.8 Å². The molecule has 0 aromatic heterocycles. The molecule has 4 bridgehead atoms. The van der Waals surface area contributed by atoms with Gasteiger partial charge >= 0.3 is 6.18 Å². The van der Waals surface area contributed by atoms with Gasteiger partial charge in [0.1, 0.15) is 0 Å². The molecule has 4 aliphatic carbocycles. The molecule has 158 valence electrons. The molecule has 0 aliphatic heterocycles. The predicted octanol–water partition coefficient (Wildman–Crippen LogP) is 4.85. The number of carbonyl (C=O) groups is 2. The number of rotatable bonds is 6. The summed E-state index contributed by atoms with van der Waals surface area (Å²) in [6.07, 6.45) is -0.413. The van der Waals surface area contributed by atoms with Gasteiger partial charge in [0.05, 0.1) is 20.1 Å². The van der Waals surface area contributed by atoms with Gasteiger partial charge in [-0.05, 0) is 79.9 Å². The van der Waals surface area contributed by atoms with E-state index >= 15 is 0 Å². The Bertz CT molecular complexity index is 795. The molecule has 1 aromatic rings. The lowest BCUT2D eigenvalue weighted by atomic mass is 9.45. The van der Waals surface area contributed by atoms with E-state index in [1.54, 1.807) is 0 Å².